The van der Waals surface area contributed by atoms with Crippen LogP contribution in [0.4, 0.5) is 4.39 Å². The molecule has 0 saturated carbocycles. The number of ether oxygens (including phenoxy) is 2. The smallest absolute Gasteiger partial charge is 0.123 e. The normalized spacial score (nSPS) is 12.0. The van der Waals surface area contributed by atoms with Gasteiger partial charge in [-0.3, -0.25) is 0 Å². The molecule has 5 heteroatoms. The first-order valence-corrected chi connectivity index (χ1v) is 7.48. The van der Waals surface area contributed by atoms with E-state index >= 15 is 0 Å². The lowest BCUT2D eigenvalue weighted by molar-refractivity contribution is 0.393. The zero-order chi connectivity index (χ0) is 15.2. The van der Waals surface area contributed by atoms with Gasteiger partial charge in [0, 0.05) is 22.8 Å². The summed E-state index contributed by atoms with van der Waals surface area (Å²) in [5, 5.41) is 0. The van der Waals surface area contributed by atoms with Crippen LogP contribution in [0.2, 0.25) is 0 Å². The van der Waals surface area contributed by atoms with Gasteiger partial charge < -0.3 is 15.2 Å². The van der Waals surface area contributed by atoms with Gasteiger partial charge in [-0.05, 0) is 42.0 Å². The molecule has 0 radical (unpaired) electrons. The predicted molar refractivity (Wildman–Crippen MR) is 83.6 cm³/mol. The SMILES string of the molecule is COc1cc(OC)cc(C(N)CSc2ccc(F)cc2)c1. The van der Waals surface area contributed by atoms with Crippen LogP contribution in [0.25, 0.3) is 0 Å². The Kier molecular flexibility index (Phi) is 5.47. The standard InChI is InChI=1S/C16H18FNO2S/c1-19-13-7-11(8-14(9-13)20-2)16(18)10-21-15-5-3-12(17)4-6-15/h3-9,16H,10,18H2,1-2H3. The van der Waals surface area contributed by atoms with Crippen LogP contribution in [-0.4, -0.2) is 20.0 Å². The second-order valence-corrected chi connectivity index (χ2v) is 5.61. The van der Waals surface area contributed by atoms with Gasteiger partial charge in [-0.1, -0.05) is 0 Å². The Morgan fingerprint density at radius 2 is 1.62 bits per heavy atom. The van der Waals surface area contributed by atoms with Crippen molar-refractivity contribution in [3.05, 3.63) is 53.8 Å². The van der Waals surface area contributed by atoms with Crippen LogP contribution in [0.5, 0.6) is 11.5 Å². The van der Waals surface area contributed by atoms with Gasteiger partial charge in [-0.25, -0.2) is 4.39 Å². The third-order valence-corrected chi connectivity index (χ3v) is 4.18. The van der Waals surface area contributed by atoms with E-state index in [2.05, 4.69) is 0 Å². The predicted octanol–water partition coefficient (Wildman–Crippen LogP) is 3.64. The first-order chi connectivity index (χ1) is 10.1. The van der Waals surface area contributed by atoms with Crippen molar-refractivity contribution < 1.29 is 13.9 Å². The maximum absolute atomic E-state index is 12.9. The van der Waals surface area contributed by atoms with E-state index in [1.54, 1.807) is 38.1 Å². The molecule has 21 heavy (non-hydrogen) atoms. The van der Waals surface area contributed by atoms with E-state index in [4.69, 9.17) is 15.2 Å². The molecule has 0 amide bonds. The molecular weight excluding hydrogens is 289 g/mol. The van der Waals surface area contributed by atoms with E-state index in [0.29, 0.717) is 17.3 Å². The minimum atomic E-state index is -0.235. The van der Waals surface area contributed by atoms with Gasteiger partial charge in [0.05, 0.1) is 14.2 Å². The van der Waals surface area contributed by atoms with E-state index in [1.165, 1.54) is 12.1 Å². The number of methoxy groups -OCH3 is 2. The maximum Gasteiger partial charge on any atom is 0.123 e. The molecule has 0 heterocycles. The Hall–Kier alpha value is -1.72. The van der Waals surface area contributed by atoms with Crippen LogP contribution in [0.3, 0.4) is 0 Å². The summed E-state index contributed by atoms with van der Waals surface area (Å²) in [5.41, 5.74) is 7.16. The summed E-state index contributed by atoms with van der Waals surface area (Å²) in [4.78, 5) is 0.988. The van der Waals surface area contributed by atoms with Gasteiger partial charge in [0.15, 0.2) is 0 Å². The van der Waals surface area contributed by atoms with Gasteiger partial charge in [-0.2, -0.15) is 0 Å². The van der Waals surface area contributed by atoms with Crippen molar-refractivity contribution in [2.45, 2.75) is 10.9 Å². The van der Waals surface area contributed by atoms with E-state index in [9.17, 15) is 4.39 Å². The summed E-state index contributed by atoms with van der Waals surface area (Å²) < 4.78 is 23.3. The molecule has 0 aliphatic carbocycles. The minimum Gasteiger partial charge on any atom is -0.497 e. The van der Waals surface area contributed by atoms with E-state index < -0.39 is 0 Å². The summed E-state index contributed by atoms with van der Waals surface area (Å²) in [5.74, 6) is 1.88. The molecule has 0 bridgehead atoms. The zero-order valence-electron chi connectivity index (χ0n) is 12.0. The molecule has 3 nitrogen and oxygen atoms in total. The van der Waals surface area contributed by atoms with Crippen molar-refractivity contribution in [2.24, 2.45) is 5.73 Å². The van der Waals surface area contributed by atoms with Crippen molar-refractivity contribution >= 4 is 11.8 Å². The molecule has 112 valence electrons. The van der Waals surface area contributed by atoms with Crippen molar-refractivity contribution in [1.82, 2.24) is 0 Å². The van der Waals surface area contributed by atoms with Crippen LogP contribution in [0.1, 0.15) is 11.6 Å². The largest absolute Gasteiger partial charge is 0.497 e. The highest BCUT2D eigenvalue weighted by Crippen LogP contribution is 2.29. The summed E-state index contributed by atoms with van der Waals surface area (Å²) in [6.07, 6.45) is 0. The average molecular weight is 307 g/mol. The van der Waals surface area contributed by atoms with Crippen molar-refractivity contribution in [1.29, 1.82) is 0 Å². The summed E-state index contributed by atoms with van der Waals surface area (Å²) in [6, 6.07) is 11.8. The molecule has 0 aliphatic heterocycles. The molecule has 0 aromatic heterocycles. The average Bonchev–Trinajstić information content (AvgIpc) is 2.53. The van der Waals surface area contributed by atoms with Crippen LogP contribution in [0.15, 0.2) is 47.4 Å². The maximum atomic E-state index is 12.9. The van der Waals surface area contributed by atoms with Crippen LogP contribution >= 0.6 is 11.8 Å². The summed E-state index contributed by atoms with van der Waals surface area (Å²) in [7, 11) is 3.22. The lowest BCUT2D eigenvalue weighted by Gasteiger charge is -2.14. The first-order valence-electron chi connectivity index (χ1n) is 6.49. The van der Waals surface area contributed by atoms with Gasteiger partial charge in [0.1, 0.15) is 17.3 Å². The van der Waals surface area contributed by atoms with Gasteiger partial charge in [0.25, 0.3) is 0 Å². The molecule has 0 aliphatic rings. The summed E-state index contributed by atoms with van der Waals surface area (Å²) in [6.45, 7) is 0. The van der Waals surface area contributed by atoms with Crippen molar-refractivity contribution in [3.63, 3.8) is 0 Å². The number of halogens is 1. The van der Waals surface area contributed by atoms with Crippen molar-refractivity contribution in [2.75, 3.05) is 20.0 Å². The highest BCUT2D eigenvalue weighted by molar-refractivity contribution is 7.99. The molecule has 0 spiro atoms. The lowest BCUT2D eigenvalue weighted by Crippen LogP contribution is -2.13. The minimum absolute atomic E-state index is 0.163. The molecular formula is C16H18FNO2S. The molecule has 0 saturated heterocycles. The number of thioether (sulfide) groups is 1. The molecule has 2 N–H and O–H groups in total. The Balaban J connectivity index is 2.05. The molecule has 1 unspecified atom stereocenters. The van der Waals surface area contributed by atoms with Crippen LogP contribution in [-0.2, 0) is 0 Å². The fourth-order valence-electron chi connectivity index (χ4n) is 1.86. The monoisotopic (exact) mass is 307 g/mol. The number of hydrogen-bond acceptors (Lipinski definition) is 4. The first kappa shape index (κ1) is 15.7. The second-order valence-electron chi connectivity index (χ2n) is 4.52. The number of nitrogens with two attached hydrogens (primary N) is 1. The fraction of sp³-hybridized carbons (Fsp3) is 0.250. The van der Waals surface area contributed by atoms with E-state index in [0.717, 1.165) is 10.5 Å². The Labute approximate surface area is 128 Å². The van der Waals surface area contributed by atoms with Gasteiger partial charge in [0.2, 0.25) is 0 Å². The van der Waals surface area contributed by atoms with Crippen molar-refractivity contribution in [3.8, 4) is 11.5 Å². The molecule has 0 fully saturated rings. The zero-order valence-corrected chi connectivity index (χ0v) is 12.8. The quantitative estimate of drug-likeness (QED) is 0.828. The fourth-order valence-corrected chi connectivity index (χ4v) is 2.75. The second kappa shape index (κ2) is 7.33. The molecule has 2 aromatic carbocycles. The molecule has 2 aromatic rings. The van der Waals surface area contributed by atoms with E-state index in [1.807, 2.05) is 18.2 Å². The Morgan fingerprint density at radius 3 is 2.14 bits per heavy atom. The Morgan fingerprint density at radius 1 is 1.05 bits per heavy atom. The van der Waals surface area contributed by atoms with Crippen LogP contribution in [0, 0.1) is 5.82 Å². The third-order valence-electron chi connectivity index (χ3n) is 3.05. The highest BCUT2D eigenvalue weighted by Gasteiger charge is 2.10. The van der Waals surface area contributed by atoms with Gasteiger partial charge in [-0.15, -0.1) is 11.8 Å². The highest BCUT2D eigenvalue weighted by atomic mass is 32.2. The van der Waals surface area contributed by atoms with Crippen LogP contribution < -0.4 is 15.2 Å². The molecule has 1 atom stereocenters. The molecule has 2 rings (SSSR count). The lowest BCUT2D eigenvalue weighted by atomic mass is 10.1. The van der Waals surface area contributed by atoms with E-state index in [-0.39, 0.29) is 11.9 Å². The Bertz CT molecular complexity index is 567. The number of benzene rings is 2. The topological polar surface area (TPSA) is 44.5 Å². The van der Waals surface area contributed by atoms with Gasteiger partial charge >= 0.3 is 0 Å². The third kappa shape index (κ3) is 4.37. The number of rotatable bonds is 6. The summed E-state index contributed by atoms with van der Waals surface area (Å²) >= 11 is 1.59. The number of hydrogen-bond donors (Lipinski definition) is 1.